The van der Waals surface area contributed by atoms with Gasteiger partial charge in [-0.15, -0.1) is 0 Å². The number of hydrogen-bond acceptors (Lipinski definition) is 5. The van der Waals surface area contributed by atoms with Crippen molar-refractivity contribution in [3.05, 3.63) is 23.8 Å². The van der Waals surface area contributed by atoms with E-state index in [9.17, 15) is 9.59 Å². The summed E-state index contributed by atoms with van der Waals surface area (Å²) in [5.74, 6) is 0.932. The fourth-order valence-electron chi connectivity index (χ4n) is 5.48. The van der Waals surface area contributed by atoms with Gasteiger partial charge in [-0.25, -0.2) is 9.78 Å². The van der Waals surface area contributed by atoms with Crippen molar-refractivity contribution in [2.45, 2.75) is 71.8 Å². The monoisotopic (exact) mass is 525 g/mol. The average Bonchev–Trinajstić information content (AvgIpc) is 3.51. The Bertz CT molecular complexity index is 1040. The van der Waals surface area contributed by atoms with Crippen LogP contribution in [0, 0.1) is 0 Å². The van der Waals surface area contributed by atoms with Gasteiger partial charge in [0, 0.05) is 51.4 Å². The number of hydrogen-bond donors (Lipinski definition) is 2. The van der Waals surface area contributed by atoms with E-state index in [-0.39, 0.29) is 11.9 Å². The van der Waals surface area contributed by atoms with E-state index in [0.29, 0.717) is 19.6 Å². The Morgan fingerprint density at radius 3 is 2.45 bits per heavy atom. The SMILES string of the molecule is CCCCN(CCCC)C(=O)c1ccc2nc(NCCN3CCNC3=O)n(CCCN3CCCCC3)c2c1. The van der Waals surface area contributed by atoms with Crippen LogP contribution in [-0.4, -0.2) is 95.1 Å². The molecule has 0 spiro atoms. The van der Waals surface area contributed by atoms with Crippen molar-refractivity contribution in [2.75, 3.05) is 64.2 Å². The maximum absolute atomic E-state index is 13.5. The van der Waals surface area contributed by atoms with E-state index >= 15 is 0 Å². The first-order valence-electron chi connectivity index (χ1n) is 14.9. The lowest BCUT2D eigenvalue weighted by molar-refractivity contribution is 0.0751. The summed E-state index contributed by atoms with van der Waals surface area (Å²) >= 11 is 0. The van der Waals surface area contributed by atoms with Crippen LogP contribution in [0.4, 0.5) is 10.7 Å². The number of amides is 3. The number of fused-ring (bicyclic) bond motifs is 1. The third-order valence-corrected chi connectivity index (χ3v) is 7.76. The molecule has 0 saturated carbocycles. The van der Waals surface area contributed by atoms with Gasteiger partial charge in [-0.05, 0) is 69.9 Å². The molecule has 1 aromatic heterocycles. The molecule has 2 aromatic rings. The summed E-state index contributed by atoms with van der Waals surface area (Å²) in [6.07, 6.45) is 9.16. The number of urea groups is 1. The summed E-state index contributed by atoms with van der Waals surface area (Å²) in [5.41, 5.74) is 2.64. The second-order valence-corrected chi connectivity index (χ2v) is 10.7. The standard InChI is InChI=1S/C29H47N7O2/c1-3-5-18-34(19-6-4-2)27(37)24-11-12-25-26(23-24)36(20-10-17-33-15-8-7-9-16-33)28(32-25)30-13-21-35-22-14-31-29(35)38/h11-12,23H,3-10,13-22H2,1-2H3,(H,30,32)(H,31,38). The van der Waals surface area contributed by atoms with Crippen LogP contribution in [0.3, 0.4) is 0 Å². The highest BCUT2D eigenvalue weighted by atomic mass is 16.2. The highest BCUT2D eigenvalue weighted by Gasteiger charge is 2.21. The highest BCUT2D eigenvalue weighted by molar-refractivity contribution is 5.97. The molecule has 2 N–H and O–H groups in total. The van der Waals surface area contributed by atoms with E-state index in [1.54, 1.807) is 0 Å². The smallest absolute Gasteiger partial charge is 0.317 e. The number of nitrogens with one attached hydrogen (secondary N) is 2. The normalized spacial score (nSPS) is 16.3. The highest BCUT2D eigenvalue weighted by Crippen LogP contribution is 2.23. The Balaban J connectivity index is 1.52. The minimum Gasteiger partial charge on any atom is -0.354 e. The fraction of sp³-hybridized carbons (Fsp3) is 0.690. The second kappa shape index (κ2) is 14.4. The van der Waals surface area contributed by atoms with Crippen LogP contribution >= 0.6 is 0 Å². The molecule has 210 valence electrons. The summed E-state index contributed by atoms with van der Waals surface area (Å²) in [7, 11) is 0. The fourth-order valence-corrected chi connectivity index (χ4v) is 5.48. The van der Waals surface area contributed by atoms with E-state index in [1.165, 1.54) is 32.4 Å². The predicted molar refractivity (Wildman–Crippen MR) is 154 cm³/mol. The third-order valence-electron chi connectivity index (χ3n) is 7.76. The topological polar surface area (TPSA) is 85.7 Å². The molecular formula is C29H47N7O2. The minimum absolute atomic E-state index is 0.000638. The Labute approximate surface area is 227 Å². The predicted octanol–water partition coefficient (Wildman–Crippen LogP) is 4.39. The molecule has 0 unspecified atom stereocenters. The van der Waals surface area contributed by atoms with E-state index in [1.807, 2.05) is 28.0 Å². The molecule has 0 bridgehead atoms. The number of anilines is 1. The van der Waals surface area contributed by atoms with E-state index in [4.69, 9.17) is 4.98 Å². The summed E-state index contributed by atoms with van der Waals surface area (Å²) in [4.78, 5) is 36.8. The number of nitrogens with zero attached hydrogens (tertiary/aromatic N) is 5. The van der Waals surface area contributed by atoms with E-state index in [0.717, 1.165) is 87.4 Å². The summed E-state index contributed by atoms with van der Waals surface area (Å²) in [6.45, 7) is 13.0. The van der Waals surface area contributed by atoms with Crippen molar-refractivity contribution in [3.63, 3.8) is 0 Å². The minimum atomic E-state index is 0.000638. The molecule has 3 amide bonds. The third kappa shape index (κ3) is 7.40. The maximum Gasteiger partial charge on any atom is 0.317 e. The average molecular weight is 526 g/mol. The van der Waals surface area contributed by atoms with Gasteiger partial charge >= 0.3 is 6.03 Å². The van der Waals surface area contributed by atoms with Gasteiger partial charge < -0.3 is 29.9 Å². The van der Waals surface area contributed by atoms with Crippen molar-refractivity contribution in [1.29, 1.82) is 0 Å². The number of unbranched alkanes of at least 4 members (excludes halogenated alkanes) is 2. The van der Waals surface area contributed by atoms with Crippen LogP contribution in [0.15, 0.2) is 18.2 Å². The van der Waals surface area contributed by atoms with Crippen LogP contribution in [0.1, 0.15) is 75.6 Å². The quantitative estimate of drug-likeness (QED) is 0.360. The largest absolute Gasteiger partial charge is 0.354 e. The molecule has 0 aliphatic carbocycles. The second-order valence-electron chi connectivity index (χ2n) is 10.7. The van der Waals surface area contributed by atoms with Gasteiger partial charge in [0.05, 0.1) is 11.0 Å². The van der Waals surface area contributed by atoms with Gasteiger partial charge in [0.1, 0.15) is 0 Å². The van der Waals surface area contributed by atoms with Gasteiger partial charge in [-0.1, -0.05) is 33.1 Å². The van der Waals surface area contributed by atoms with Crippen LogP contribution in [-0.2, 0) is 6.54 Å². The zero-order valence-electron chi connectivity index (χ0n) is 23.5. The zero-order valence-corrected chi connectivity index (χ0v) is 23.5. The molecule has 0 atom stereocenters. The first-order valence-corrected chi connectivity index (χ1v) is 14.9. The summed E-state index contributed by atoms with van der Waals surface area (Å²) < 4.78 is 2.24. The lowest BCUT2D eigenvalue weighted by Gasteiger charge is -2.26. The van der Waals surface area contributed by atoms with Crippen LogP contribution in [0.5, 0.6) is 0 Å². The molecular weight excluding hydrogens is 478 g/mol. The van der Waals surface area contributed by atoms with Crippen molar-refractivity contribution in [1.82, 2.24) is 29.6 Å². The molecule has 38 heavy (non-hydrogen) atoms. The molecule has 2 aliphatic rings. The molecule has 2 saturated heterocycles. The number of carbonyl (C=O) groups is 2. The number of piperidine rings is 1. The number of likely N-dealkylation sites (tertiary alicyclic amines) is 1. The van der Waals surface area contributed by atoms with E-state index in [2.05, 4.69) is 33.9 Å². The molecule has 0 radical (unpaired) electrons. The van der Waals surface area contributed by atoms with Gasteiger partial charge in [-0.3, -0.25) is 4.79 Å². The molecule has 2 fully saturated rings. The zero-order chi connectivity index (χ0) is 26.7. The van der Waals surface area contributed by atoms with Crippen LogP contribution in [0.2, 0.25) is 0 Å². The molecule has 3 heterocycles. The number of imidazole rings is 1. The first-order chi connectivity index (χ1) is 18.6. The molecule has 9 heteroatoms. The Morgan fingerprint density at radius 2 is 1.76 bits per heavy atom. The van der Waals surface area contributed by atoms with Crippen molar-refractivity contribution >= 4 is 28.9 Å². The van der Waals surface area contributed by atoms with Gasteiger partial charge in [0.25, 0.3) is 5.91 Å². The molecule has 4 rings (SSSR count). The number of aromatic nitrogens is 2. The molecule has 9 nitrogen and oxygen atoms in total. The van der Waals surface area contributed by atoms with Gasteiger partial charge in [-0.2, -0.15) is 0 Å². The maximum atomic E-state index is 13.5. The Morgan fingerprint density at radius 1 is 1.00 bits per heavy atom. The van der Waals surface area contributed by atoms with Crippen LogP contribution < -0.4 is 10.6 Å². The van der Waals surface area contributed by atoms with Gasteiger partial charge in [0.15, 0.2) is 0 Å². The number of benzene rings is 1. The summed E-state index contributed by atoms with van der Waals surface area (Å²) in [6, 6.07) is 5.95. The lowest BCUT2D eigenvalue weighted by Crippen LogP contribution is -2.33. The molecule has 1 aromatic carbocycles. The van der Waals surface area contributed by atoms with Crippen molar-refractivity contribution in [2.24, 2.45) is 0 Å². The van der Waals surface area contributed by atoms with Crippen molar-refractivity contribution in [3.8, 4) is 0 Å². The van der Waals surface area contributed by atoms with Crippen molar-refractivity contribution < 1.29 is 9.59 Å². The molecule has 2 aliphatic heterocycles. The number of carbonyl (C=O) groups excluding carboxylic acids is 2. The Hall–Kier alpha value is -2.81. The van der Waals surface area contributed by atoms with Crippen LogP contribution in [0.25, 0.3) is 11.0 Å². The number of aryl methyl sites for hydroxylation is 1. The summed E-state index contributed by atoms with van der Waals surface area (Å²) in [5, 5.41) is 6.35. The van der Waals surface area contributed by atoms with Gasteiger partial charge in [0.2, 0.25) is 5.95 Å². The van der Waals surface area contributed by atoms with E-state index < -0.39 is 0 Å². The Kier molecular flexibility index (Phi) is 10.7. The lowest BCUT2D eigenvalue weighted by atomic mass is 10.1. The first kappa shape index (κ1) is 28.2. The number of rotatable bonds is 15.